The summed E-state index contributed by atoms with van der Waals surface area (Å²) in [6.45, 7) is 7.09. The first-order valence-corrected chi connectivity index (χ1v) is 7.17. The average molecular weight is 272 g/mol. The molecule has 4 nitrogen and oxygen atoms in total. The zero-order valence-electron chi connectivity index (χ0n) is 12.1. The van der Waals surface area contributed by atoms with Gasteiger partial charge in [0, 0.05) is 43.9 Å². The van der Waals surface area contributed by atoms with Crippen LogP contribution in [0.2, 0.25) is 0 Å². The van der Waals surface area contributed by atoms with E-state index in [2.05, 4.69) is 30.4 Å². The number of ether oxygens (including phenoxy) is 1. The molecular weight excluding hydrogens is 252 g/mol. The molecule has 0 saturated carbocycles. The summed E-state index contributed by atoms with van der Waals surface area (Å²) in [6, 6.07) is 6.47. The zero-order chi connectivity index (χ0) is 14.1. The number of carbonyl (C=O) groups is 1. The Morgan fingerprint density at radius 2 is 2.10 bits per heavy atom. The molecule has 1 aromatic carbocycles. The Hall–Kier alpha value is -1.55. The summed E-state index contributed by atoms with van der Waals surface area (Å²) in [5, 5.41) is 0. The van der Waals surface area contributed by atoms with Crippen molar-refractivity contribution in [3.8, 4) is 0 Å². The predicted octanol–water partition coefficient (Wildman–Crippen LogP) is 2.10. The smallest absolute Gasteiger partial charge is 0.224 e. The van der Waals surface area contributed by atoms with Crippen LogP contribution in [-0.2, 0) is 9.53 Å². The van der Waals surface area contributed by atoms with Crippen molar-refractivity contribution in [1.82, 2.24) is 0 Å². The van der Waals surface area contributed by atoms with Crippen molar-refractivity contribution in [2.24, 2.45) is 0 Å². The fraction of sp³-hybridized carbons (Fsp3) is 0.500. The standard InChI is InChI=1S/C16H20N2O2/c1-12-3-4-14-11-15(17-7-9-20-10-8-17)5-6-16(14)18(12)13(2)19/h5-6,11-12H,3,7-10H2,1-2H3/t12-/m0/s1. The van der Waals surface area contributed by atoms with E-state index < -0.39 is 0 Å². The van der Waals surface area contributed by atoms with E-state index in [1.807, 2.05) is 11.0 Å². The third kappa shape index (κ3) is 2.40. The average Bonchev–Trinajstić information content (AvgIpc) is 2.47. The molecule has 1 atom stereocenters. The first kappa shape index (κ1) is 13.4. The Morgan fingerprint density at radius 3 is 2.80 bits per heavy atom. The largest absolute Gasteiger partial charge is 0.378 e. The minimum Gasteiger partial charge on any atom is -0.378 e. The van der Waals surface area contributed by atoms with Gasteiger partial charge in [-0.05, 0) is 37.1 Å². The molecule has 2 aliphatic heterocycles. The number of benzene rings is 1. The summed E-state index contributed by atoms with van der Waals surface area (Å²) in [5.41, 5.74) is 3.22. The van der Waals surface area contributed by atoms with Gasteiger partial charge in [-0.1, -0.05) is 0 Å². The molecule has 2 aliphatic rings. The van der Waals surface area contributed by atoms with Gasteiger partial charge in [0.2, 0.25) is 5.91 Å². The lowest BCUT2D eigenvalue weighted by Crippen LogP contribution is -2.40. The highest BCUT2D eigenvalue weighted by Gasteiger charge is 2.27. The molecule has 2 radical (unpaired) electrons. The summed E-state index contributed by atoms with van der Waals surface area (Å²) >= 11 is 0. The molecule has 1 amide bonds. The molecule has 106 valence electrons. The number of hydrogen-bond acceptors (Lipinski definition) is 3. The molecule has 20 heavy (non-hydrogen) atoms. The fourth-order valence-electron chi connectivity index (χ4n) is 2.96. The third-order valence-corrected chi connectivity index (χ3v) is 3.98. The Morgan fingerprint density at radius 1 is 1.35 bits per heavy atom. The minimum absolute atomic E-state index is 0.0966. The van der Waals surface area contributed by atoms with E-state index in [0.29, 0.717) is 0 Å². The van der Waals surface area contributed by atoms with Crippen LogP contribution in [0, 0.1) is 6.42 Å². The maximum absolute atomic E-state index is 11.8. The van der Waals surface area contributed by atoms with Gasteiger partial charge in [-0.2, -0.15) is 0 Å². The van der Waals surface area contributed by atoms with Crippen LogP contribution in [0.15, 0.2) is 18.2 Å². The summed E-state index contributed by atoms with van der Waals surface area (Å²) in [7, 11) is 0. The molecular formula is C16H20N2O2. The lowest BCUT2D eigenvalue weighted by molar-refractivity contribution is -0.117. The van der Waals surface area contributed by atoms with Gasteiger partial charge in [-0.15, -0.1) is 0 Å². The molecule has 3 rings (SSSR count). The molecule has 0 unspecified atom stereocenters. The Kier molecular flexibility index (Phi) is 3.66. The van der Waals surface area contributed by atoms with Crippen molar-refractivity contribution in [3.05, 3.63) is 30.2 Å². The van der Waals surface area contributed by atoms with Crippen molar-refractivity contribution < 1.29 is 9.53 Å². The van der Waals surface area contributed by atoms with Gasteiger partial charge in [0.25, 0.3) is 0 Å². The number of anilines is 2. The van der Waals surface area contributed by atoms with Crippen LogP contribution < -0.4 is 9.80 Å². The second-order valence-corrected chi connectivity index (χ2v) is 5.42. The predicted molar refractivity (Wildman–Crippen MR) is 79.1 cm³/mol. The number of rotatable bonds is 1. The normalized spacial score (nSPS) is 22.6. The second-order valence-electron chi connectivity index (χ2n) is 5.42. The minimum atomic E-state index is 0.0966. The Bertz CT molecular complexity index is 509. The highest BCUT2D eigenvalue weighted by atomic mass is 16.5. The van der Waals surface area contributed by atoms with E-state index in [-0.39, 0.29) is 11.9 Å². The molecule has 0 aromatic heterocycles. The maximum Gasteiger partial charge on any atom is 0.224 e. The van der Waals surface area contributed by atoms with E-state index in [0.717, 1.165) is 44.0 Å². The highest BCUT2D eigenvalue weighted by molar-refractivity contribution is 5.94. The van der Waals surface area contributed by atoms with Crippen LogP contribution >= 0.6 is 0 Å². The zero-order valence-corrected chi connectivity index (χ0v) is 12.1. The van der Waals surface area contributed by atoms with Crippen LogP contribution in [0.25, 0.3) is 0 Å². The van der Waals surface area contributed by atoms with Crippen LogP contribution in [0.1, 0.15) is 25.8 Å². The number of nitrogens with zero attached hydrogens (tertiary/aromatic N) is 2. The van der Waals surface area contributed by atoms with Crippen molar-refractivity contribution in [3.63, 3.8) is 0 Å². The fourth-order valence-corrected chi connectivity index (χ4v) is 2.96. The highest BCUT2D eigenvalue weighted by Crippen LogP contribution is 2.34. The number of hydrogen-bond donors (Lipinski definition) is 0. The van der Waals surface area contributed by atoms with Crippen LogP contribution in [-0.4, -0.2) is 38.3 Å². The van der Waals surface area contributed by atoms with Gasteiger partial charge < -0.3 is 14.5 Å². The lowest BCUT2D eigenvalue weighted by Gasteiger charge is -2.36. The van der Waals surface area contributed by atoms with E-state index in [1.54, 1.807) is 6.92 Å². The molecule has 0 N–H and O–H groups in total. The first-order chi connectivity index (χ1) is 9.66. The Labute approximate surface area is 120 Å². The van der Waals surface area contributed by atoms with Crippen LogP contribution in [0.4, 0.5) is 11.4 Å². The summed E-state index contributed by atoms with van der Waals surface area (Å²) in [6.07, 6.45) is 4.22. The topological polar surface area (TPSA) is 32.8 Å². The molecule has 4 heteroatoms. The van der Waals surface area contributed by atoms with Gasteiger partial charge in [-0.25, -0.2) is 0 Å². The second kappa shape index (κ2) is 5.44. The quantitative estimate of drug-likeness (QED) is 0.785. The molecule has 1 saturated heterocycles. The first-order valence-electron chi connectivity index (χ1n) is 7.17. The number of amides is 1. The van der Waals surface area contributed by atoms with Crippen LogP contribution in [0.3, 0.4) is 0 Å². The van der Waals surface area contributed by atoms with Gasteiger partial charge in [0.1, 0.15) is 0 Å². The monoisotopic (exact) mass is 272 g/mol. The molecule has 1 aromatic rings. The van der Waals surface area contributed by atoms with E-state index in [4.69, 9.17) is 4.74 Å². The van der Waals surface area contributed by atoms with E-state index >= 15 is 0 Å². The summed E-state index contributed by atoms with van der Waals surface area (Å²) < 4.78 is 5.39. The van der Waals surface area contributed by atoms with E-state index in [1.165, 1.54) is 5.69 Å². The lowest BCUT2D eigenvalue weighted by atomic mass is 9.96. The molecule has 1 fully saturated rings. The van der Waals surface area contributed by atoms with Gasteiger partial charge >= 0.3 is 0 Å². The Balaban J connectivity index is 1.91. The van der Waals surface area contributed by atoms with Crippen molar-refractivity contribution in [1.29, 1.82) is 0 Å². The molecule has 0 aliphatic carbocycles. The summed E-state index contributed by atoms with van der Waals surface area (Å²) in [5.74, 6) is 0.0966. The number of carbonyl (C=O) groups excluding carboxylic acids is 1. The SMILES string of the molecule is CC(=O)N1c2ccc(N3CCOCC3)cc2[C]C[C@@H]1C. The van der Waals surface area contributed by atoms with Crippen LogP contribution in [0.5, 0.6) is 0 Å². The molecule has 0 bridgehead atoms. The number of morpholine rings is 1. The van der Waals surface area contributed by atoms with Crippen molar-refractivity contribution in [2.75, 3.05) is 36.1 Å². The maximum atomic E-state index is 11.8. The molecule has 0 spiro atoms. The number of fused-ring (bicyclic) bond motifs is 1. The van der Waals surface area contributed by atoms with Gasteiger partial charge in [-0.3, -0.25) is 4.79 Å². The van der Waals surface area contributed by atoms with Gasteiger partial charge in [0.15, 0.2) is 0 Å². The van der Waals surface area contributed by atoms with Crippen molar-refractivity contribution in [2.45, 2.75) is 26.3 Å². The van der Waals surface area contributed by atoms with Crippen molar-refractivity contribution >= 4 is 17.3 Å². The summed E-state index contributed by atoms with van der Waals surface area (Å²) in [4.78, 5) is 16.0. The third-order valence-electron chi connectivity index (χ3n) is 3.98. The van der Waals surface area contributed by atoms with Gasteiger partial charge in [0.05, 0.1) is 13.2 Å². The molecule has 2 heterocycles. The van der Waals surface area contributed by atoms with E-state index in [9.17, 15) is 4.79 Å².